The summed E-state index contributed by atoms with van der Waals surface area (Å²) in [6.07, 6.45) is 2.66. The molecule has 11 nitrogen and oxygen atoms in total. The first-order valence-electron chi connectivity index (χ1n) is 14.7. The number of rotatable bonds is 7. The van der Waals surface area contributed by atoms with E-state index in [2.05, 4.69) is 39.3 Å². The highest BCUT2D eigenvalue weighted by Crippen LogP contribution is 2.37. The van der Waals surface area contributed by atoms with Gasteiger partial charge >= 0.3 is 6.03 Å². The van der Waals surface area contributed by atoms with Crippen LogP contribution in [0.1, 0.15) is 25.3 Å². The molecule has 3 amide bonds. The second kappa shape index (κ2) is 12.0. The first-order chi connectivity index (χ1) is 20.8. The number of carbonyl (C=O) groups is 2. The summed E-state index contributed by atoms with van der Waals surface area (Å²) in [6.45, 7) is 6.89. The van der Waals surface area contributed by atoms with E-state index in [0.29, 0.717) is 49.0 Å². The Morgan fingerprint density at radius 1 is 1.09 bits per heavy atom. The standard InChI is InChI=1S/C31H37FN8O3/c1-4-28(41)38-12-11-24(20-38)40-29-21(19-39(31(40)42)27-17-25(43-3)9-10-26(27)32)18-33-30(35-29)34-22-5-7-23(8-6-22)37-15-13-36(2)14-16-37/h5-10,17-18,24H,4,11-16,19-20H2,1-3H3,(H,33,34,35)/t24-/m0/s1. The lowest BCUT2D eigenvalue weighted by molar-refractivity contribution is -0.129. The van der Waals surface area contributed by atoms with E-state index in [1.54, 1.807) is 16.0 Å². The van der Waals surface area contributed by atoms with E-state index in [0.717, 1.165) is 31.9 Å². The van der Waals surface area contributed by atoms with Gasteiger partial charge in [0.2, 0.25) is 11.9 Å². The number of hydrogen-bond acceptors (Lipinski definition) is 8. The number of piperazine rings is 1. The van der Waals surface area contributed by atoms with Gasteiger partial charge in [0.05, 0.1) is 25.4 Å². The molecule has 6 rings (SSSR count). The molecule has 0 unspecified atom stereocenters. The Morgan fingerprint density at radius 2 is 1.86 bits per heavy atom. The van der Waals surface area contributed by atoms with Crippen LogP contribution < -0.4 is 24.8 Å². The van der Waals surface area contributed by atoms with Gasteiger partial charge < -0.3 is 24.8 Å². The summed E-state index contributed by atoms with van der Waals surface area (Å²) in [6, 6.07) is 11.8. The molecule has 2 aromatic carbocycles. The number of benzene rings is 2. The molecule has 1 atom stereocenters. The molecule has 4 heterocycles. The molecule has 1 N–H and O–H groups in total. The van der Waals surface area contributed by atoms with Crippen molar-refractivity contribution in [3.63, 3.8) is 0 Å². The zero-order chi connectivity index (χ0) is 30.1. The Morgan fingerprint density at radius 3 is 2.58 bits per heavy atom. The number of likely N-dealkylation sites (N-methyl/N-ethyl adjacent to an activating group) is 1. The minimum Gasteiger partial charge on any atom is -0.497 e. The zero-order valence-electron chi connectivity index (χ0n) is 24.8. The number of nitrogens with zero attached hydrogens (tertiary/aromatic N) is 7. The van der Waals surface area contributed by atoms with Crippen LogP contribution in [0.4, 0.5) is 38.0 Å². The third-order valence-corrected chi connectivity index (χ3v) is 8.45. The highest BCUT2D eigenvalue weighted by molar-refractivity contribution is 6.06. The molecule has 0 radical (unpaired) electrons. The Bertz CT molecular complexity index is 1490. The number of likely N-dealkylation sites (tertiary alicyclic amines) is 1. The number of urea groups is 1. The summed E-state index contributed by atoms with van der Waals surface area (Å²) in [7, 11) is 3.64. The molecule has 0 saturated carbocycles. The lowest BCUT2D eigenvalue weighted by Crippen LogP contribution is -2.53. The number of nitrogens with one attached hydrogen (secondary N) is 1. The predicted molar refractivity (Wildman–Crippen MR) is 164 cm³/mol. The third kappa shape index (κ3) is 5.79. The van der Waals surface area contributed by atoms with Gasteiger partial charge in [-0.05, 0) is 49.9 Å². The summed E-state index contributed by atoms with van der Waals surface area (Å²) in [5, 5.41) is 3.28. The van der Waals surface area contributed by atoms with Gasteiger partial charge in [0.25, 0.3) is 0 Å². The second-order valence-electron chi connectivity index (χ2n) is 11.2. The largest absolute Gasteiger partial charge is 0.497 e. The van der Waals surface area contributed by atoms with Crippen molar-refractivity contribution in [2.75, 3.05) is 73.4 Å². The van der Waals surface area contributed by atoms with Crippen molar-refractivity contribution in [3.05, 3.63) is 60.0 Å². The monoisotopic (exact) mass is 588 g/mol. The zero-order valence-corrected chi connectivity index (χ0v) is 24.8. The fraction of sp³-hybridized carbons (Fsp3) is 0.419. The maximum Gasteiger partial charge on any atom is 0.330 e. The number of amides is 3. The molecule has 3 aliphatic heterocycles. The Kier molecular flexibility index (Phi) is 8.02. The van der Waals surface area contributed by atoms with Crippen LogP contribution in [0.15, 0.2) is 48.7 Å². The van der Waals surface area contributed by atoms with E-state index in [-0.39, 0.29) is 24.2 Å². The van der Waals surface area contributed by atoms with E-state index in [9.17, 15) is 9.59 Å². The van der Waals surface area contributed by atoms with E-state index >= 15 is 4.39 Å². The highest BCUT2D eigenvalue weighted by Gasteiger charge is 2.41. The van der Waals surface area contributed by atoms with Gasteiger partial charge in [-0.3, -0.25) is 14.6 Å². The minimum absolute atomic E-state index is 0.0351. The summed E-state index contributed by atoms with van der Waals surface area (Å²) in [5.41, 5.74) is 2.78. The van der Waals surface area contributed by atoms with Crippen LogP contribution in [0.5, 0.6) is 5.75 Å². The molecule has 0 aliphatic carbocycles. The van der Waals surface area contributed by atoms with Crippen LogP contribution in [0.3, 0.4) is 0 Å². The normalized spacial score (nSPS) is 19.1. The smallest absolute Gasteiger partial charge is 0.330 e. The highest BCUT2D eigenvalue weighted by atomic mass is 19.1. The quantitative estimate of drug-likeness (QED) is 0.441. The van der Waals surface area contributed by atoms with Crippen LogP contribution >= 0.6 is 0 Å². The molecule has 0 bridgehead atoms. The van der Waals surface area contributed by atoms with Crippen molar-refractivity contribution in [3.8, 4) is 5.75 Å². The molecule has 43 heavy (non-hydrogen) atoms. The fourth-order valence-corrected chi connectivity index (χ4v) is 5.93. The second-order valence-corrected chi connectivity index (χ2v) is 11.2. The minimum atomic E-state index is -0.536. The van der Waals surface area contributed by atoms with Crippen molar-refractivity contribution in [1.29, 1.82) is 0 Å². The first kappa shape index (κ1) is 28.7. The number of fused-ring (bicyclic) bond motifs is 1. The van der Waals surface area contributed by atoms with Crippen molar-refractivity contribution < 1.29 is 18.7 Å². The van der Waals surface area contributed by atoms with Crippen LogP contribution in [0, 0.1) is 5.82 Å². The van der Waals surface area contributed by atoms with E-state index in [1.165, 1.54) is 35.9 Å². The summed E-state index contributed by atoms with van der Waals surface area (Å²) >= 11 is 0. The molecule has 1 aromatic heterocycles. The third-order valence-electron chi connectivity index (χ3n) is 8.45. The fourth-order valence-electron chi connectivity index (χ4n) is 5.93. The van der Waals surface area contributed by atoms with Gasteiger partial charge in [-0.2, -0.15) is 4.98 Å². The van der Waals surface area contributed by atoms with Gasteiger partial charge in [-0.25, -0.2) is 14.2 Å². The average Bonchev–Trinajstić information content (AvgIpc) is 3.51. The first-order valence-corrected chi connectivity index (χ1v) is 14.7. The number of carbonyl (C=O) groups excluding carboxylic acids is 2. The maximum atomic E-state index is 15.1. The topological polar surface area (TPSA) is 97.4 Å². The molecule has 0 spiro atoms. The molecule has 226 valence electrons. The van der Waals surface area contributed by atoms with Crippen molar-refractivity contribution >= 4 is 40.8 Å². The molecule has 3 aliphatic rings. The number of anilines is 5. The Balaban J connectivity index is 1.29. The summed E-state index contributed by atoms with van der Waals surface area (Å²) in [5.74, 6) is 0.756. The van der Waals surface area contributed by atoms with Gasteiger partial charge in [0.1, 0.15) is 17.4 Å². The number of ether oxygens (including phenoxy) is 1. The van der Waals surface area contributed by atoms with E-state index in [4.69, 9.17) is 9.72 Å². The molecule has 2 saturated heterocycles. The van der Waals surface area contributed by atoms with Crippen LogP contribution in [-0.2, 0) is 11.3 Å². The number of halogens is 1. The van der Waals surface area contributed by atoms with Gasteiger partial charge in [-0.15, -0.1) is 0 Å². The summed E-state index contributed by atoms with van der Waals surface area (Å²) in [4.78, 5) is 45.4. The van der Waals surface area contributed by atoms with Crippen LogP contribution in [0.25, 0.3) is 0 Å². The van der Waals surface area contributed by atoms with Gasteiger partial charge in [0.15, 0.2) is 0 Å². The number of methoxy groups -OCH3 is 1. The molecule has 2 fully saturated rings. The maximum absolute atomic E-state index is 15.1. The van der Waals surface area contributed by atoms with Crippen LogP contribution in [-0.4, -0.2) is 91.2 Å². The van der Waals surface area contributed by atoms with E-state index in [1.807, 2.05) is 19.1 Å². The van der Waals surface area contributed by atoms with Crippen LogP contribution in [0.2, 0.25) is 0 Å². The average molecular weight is 589 g/mol. The van der Waals surface area contributed by atoms with E-state index < -0.39 is 11.8 Å². The predicted octanol–water partition coefficient (Wildman–Crippen LogP) is 4.08. The van der Waals surface area contributed by atoms with Gasteiger partial charge in [0, 0.05) is 74.9 Å². The lowest BCUT2D eigenvalue weighted by Gasteiger charge is -2.39. The SMILES string of the molecule is CCC(=O)N1CC[C@H](N2C(=O)N(c3cc(OC)ccc3F)Cc3cnc(Nc4ccc(N5CCN(C)CC5)cc4)nc32)C1. The van der Waals surface area contributed by atoms with Crippen molar-refractivity contribution in [1.82, 2.24) is 19.8 Å². The van der Waals surface area contributed by atoms with Crippen molar-refractivity contribution in [2.45, 2.75) is 32.4 Å². The molecule has 12 heteroatoms. The molecular weight excluding hydrogens is 551 g/mol. The Labute approximate surface area is 250 Å². The molecular formula is C31H37FN8O3. The summed E-state index contributed by atoms with van der Waals surface area (Å²) < 4.78 is 20.4. The van der Waals surface area contributed by atoms with Gasteiger partial charge in [-0.1, -0.05) is 6.92 Å². The van der Waals surface area contributed by atoms with Crippen molar-refractivity contribution in [2.24, 2.45) is 0 Å². The Hall–Kier alpha value is -4.45. The molecule has 3 aromatic rings. The lowest BCUT2D eigenvalue weighted by atomic mass is 10.1. The number of hydrogen-bond donors (Lipinski definition) is 1. The number of aromatic nitrogens is 2.